The number of carbonyl (C=O) groups excluding carboxylic acids is 3. The number of imide groups is 1. The van der Waals surface area contributed by atoms with Crippen molar-refractivity contribution in [3.63, 3.8) is 0 Å². The lowest BCUT2D eigenvalue weighted by atomic mass is 10.0. The van der Waals surface area contributed by atoms with Gasteiger partial charge in [0.1, 0.15) is 18.9 Å². The number of amides is 3. The lowest BCUT2D eigenvalue weighted by molar-refractivity contribution is -0.135. The highest BCUT2D eigenvalue weighted by Crippen LogP contribution is 2.37. The number of rotatable bonds is 7. The first-order chi connectivity index (χ1) is 18.9. The van der Waals surface area contributed by atoms with Gasteiger partial charge in [0.15, 0.2) is 0 Å². The molecule has 0 unspecified atom stereocenters. The van der Waals surface area contributed by atoms with Crippen LogP contribution in [0.15, 0.2) is 65.6 Å². The van der Waals surface area contributed by atoms with E-state index >= 15 is 0 Å². The third kappa shape index (κ3) is 5.98. The average molecular weight is 545 g/mol. The van der Waals surface area contributed by atoms with Crippen LogP contribution >= 0.6 is 11.8 Å². The molecule has 0 saturated carbocycles. The first kappa shape index (κ1) is 26.5. The van der Waals surface area contributed by atoms with E-state index in [9.17, 15) is 19.2 Å². The summed E-state index contributed by atoms with van der Waals surface area (Å²) >= 11 is 0.822. The molecular weight excluding hydrogens is 516 g/mol. The molecule has 3 amide bonds. The first-order valence-corrected chi connectivity index (χ1v) is 13.7. The summed E-state index contributed by atoms with van der Waals surface area (Å²) in [6, 6.07) is 17.8. The van der Waals surface area contributed by atoms with Gasteiger partial charge in [0, 0.05) is 18.7 Å². The van der Waals surface area contributed by atoms with Crippen LogP contribution in [0.25, 0.3) is 16.8 Å². The Balaban J connectivity index is 1.39. The number of carboxylic acids is 1. The van der Waals surface area contributed by atoms with Crippen molar-refractivity contribution in [1.82, 2.24) is 9.80 Å². The largest absolute Gasteiger partial charge is 0.488 e. The Hall–Kier alpha value is -4.11. The number of hydrogen-bond acceptors (Lipinski definition) is 6. The van der Waals surface area contributed by atoms with Crippen molar-refractivity contribution < 1.29 is 29.0 Å². The fourth-order valence-corrected chi connectivity index (χ4v) is 5.60. The smallest absolute Gasteiger partial charge is 0.335 e. The van der Waals surface area contributed by atoms with E-state index in [1.807, 2.05) is 36.4 Å². The first-order valence-electron chi connectivity index (χ1n) is 12.9. The van der Waals surface area contributed by atoms with E-state index in [0.29, 0.717) is 24.4 Å². The van der Waals surface area contributed by atoms with Crippen LogP contribution in [0.2, 0.25) is 0 Å². The van der Waals surface area contributed by atoms with E-state index in [0.717, 1.165) is 58.7 Å². The molecular formula is C30H28N2O6S. The minimum atomic E-state index is -0.999. The van der Waals surface area contributed by atoms with E-state index < -0.39 is 17.1 Å². The molecule has 2 fully saturated rings. The van der Waals surface area contributed by atoms with Crippen molar-refractivity contribution >= 4 is 51.6 Å². The van der Waals surface area contributed by atoms with Gasteiger partial charge in [0.05, 0.1) is 10.5 Å². The van der Waals surface area contributed by atoms with Gasteiger partial charge in [0.25, 0.3) is 11.1 Å². The highest BCUT2D eigenvalue weighted by atomic mass is 32.2. The molecule has 0 bridgehead atoms. The number of likely N-dealkylation sites (tertiary alicyclic amines) is 1. The Kier molecular flexibility index (Phi) is 7.97. The van der Waals surface area contributed by atoms with Crippen LogP contribution in [0, 0.1) is 0 Å². The Morgan fingerprint density at radius 1 is 0.923 bits per heavy atom. The van der Waals surface area contributed by atoms with Gasteiger partial charge in [-0.05, 0) is 65.2 Å². The number of hydrogen-bond donors (Lipinski definition) is 1. The minimum absolute atomic E-state index is 0.185. The van der Waals surface area contributed by atoms with Crippen molar-refractivity contribution in [3.8, 4) is 5.75 Å². The summed E-state index contributed by atoms with van der Waals surface area (Å²) in [7, 11) is 0. The van der Waals surface area contributed by atoms with Crippen molar-refractivity contribution in [2.75, 3.05) is 19.6 Å². The van der Waals surface area contributed by atoms with Gasteiger partial charge < -0.3 is 14.7 Å². The summed E-state index contributed by atoms with van der Waals surface area (Å²) in [5.74, 6) is -1.18. The maximum absolute atomic E-state index is 13.3. The van der Waals surface area contributed by atoms with E-state index in [1.165, 1.54) is 12.1 Å². The number of benzene rings is 3. The van der Waals surface area contributed by atoms with Crippen LogP contribution in [0.1, 0.15) is 47.2 Å². The molecule has 9 heteroatoms. The van der Waals surface area contributed by atoms with Crippen LogP contribution in [0.4, 0.5) is 4.79 Å². The van der Waals surface area contributed by atoms with Gasteiger partial charge in [-0.25, -0.2) is 4.79 Å². The number of nitrogens with zero attached hydrogens (tertiary/aromatic N) is 2. The zero-order chi connectivity index (χ0) is 27.4. The third-order valence-electron chi connectivity index (χ3n) is 6.93. The number of aromatic carboxylic acids is 1. The molecule has 0 spiro atoms. The van der Waals surface area contributed by atoms with Crippen LogP contribution in [0.3, 0.4) is 0 Å². The maximum atomic E-state index is 13.3. The molecule has 0 atom stereocenters. The fourth-order valence-electron chi connectivity index (χ4n) is 4.78. The Bertz CT molecular complexity index is 1460. The topological polar surface area (TPSA) is 104 Å². The number of carboxylic acid groups (broad SMARTS) is 1. The number of fused-ring (bicyclic) bond motifs is 1. The maximum Gasteiger partial charge on any atom is 0.335 e. The number of carbonyl (C=O) groups is 4. The SMILES string of the molecule is O=C(O)c1ccc(COc2ccc3ccccc3c2C=C2SC(=O)N(CC(=O)N3CCCCCC3)C2=O)cc1. The van der Waals surface area contributed by atoms with Gasteiger partial charge in [-0.2, -0.15) is 0 Å². The molecule has 2 saturated heterocycles. The third-order valence-corrected chi connectivity index (χ3v) is 7.83. The average Bonchev–Trinajstić information content (AvgIpc) is 3.12. The molecule has 1 N–H and O–H groups in total. The standard InChI is InChI=1S/C30H28N2O6S/c33-27(31-15-5-1-2-6-16-31)18-32-28(34)26(39-30(32)37)17-24-23-8-4-3-7-21(23)13-14-25(24)38-19-20-9-11-22(12-10-20)29(35)36/h3-4,7-14,17H,1-2,5-6,15-16,18-19H2,(H,35,36). The monoisotopic (exact) mass is 544 g/mol. The van der Waals surface area contributed by atoms with Crippen LogP contribution in [0.5, 0.6) is 5.75 Å². The normalized spacial score (nSPS) is 17.1. The van der Waals surface area contributed by atoms with Gasteiger partial charge in [0.2, 0.25) is 5.91 Å². The molecule has 0 aromatic heterocycles. The predicted molar refractivity (Wildman–Crippen MR) is 149 cm³/mol. The number of thioether (sulfide) groups is 1. The van der Waals surface area contributed by atoms with Crippen molar-refractivity contribution in [3.05, 3.63) is 82.3 Å². The summed E-state index contributed by atoms with van der Waals surface area (Å²) in [5, 5.41) is 10.5. The molecule has 8 nitrogen and oxygen atoms in total. The highest BCUT2D eigenvalue weighted by Gasteiger charge is 2.37. The molecule has 3 aromatic rings. The molecule has 39 heavy (non-hydrogen) atoms. The molecule has 200 valence electrons. The lowest BCUT2D eigenvalue weighted by Gasteiger charge is -2.22. The Morgan fingerprint density at radius 2 is 1.64 bits per heavy atom. The second kappa shape index (κ2) is 11.7. The van der Waals surface area contributed by atoms with Gasteiger partial charge in [-0.1, -0.05) is 55.3 Å². The van der Waals surface area contributed by atoms with Gasteiger partial charge in [-0.3, -0.25) is 19.3 Å². The zero-order valence-electron chi connectivity index (χ0n) is 21.3. The summed E-state index contributed by atoms with van der Waals surface area (Å²) in [4.78, 5) is 53.1. The van der Waals surface area contributed by atoms with E-state index in [4.69, 9.17) is 9.84 Å². The van der Waals surface area contributed by atoms with E-state index in [1.54, 1.807) is 23.1 Å². The second-order valence-electron chi connectivity index (χ2n) is 9.55. The van der Waals surface area contributed by atoms with Crippen LogP contribution in [-0.2, 0) is 16.2 Å². The van der Waals surface area contributed by atoms with Crippen LogP contribution in [-0.4, -0.2) is 57.6 Å². The molecule has 0 radical (unpaired) electrons. The molecule has 5 rings (SSSR count). The minimum Gasteiger partial charge on any atom is -0.488 e. The number of ether oxygens (including phenoxy) is 1. The summed E-state index contributed by atoms with van der Waals surface area (Å²) < 4.78 is 6.11. The van der Waals surface area contributed by atoms with Crippen molar-refractivity contribution in [1.29, 1.82) is 0 Å². The van der Waals surface area contributed by atoms with Gasteiger partial charge in [-0.15, -0.1) is 0 Å². The van der Waals surface area contributed by atoms with E-state index in [2.05, 4.69) is 0 Å². The van der Waals surface area contributed by atoms with Gasteiger partial charge >= 0.3 is 5.97 Å². The quantitative estimate of drug-likeness (QED) is 0.389. The molecule has 2 aliphatic heterocycles. The predicted octanol–water partition coefficient (Wildman–Crippen LogP) is 5.56. The van der Waals surface area contributed by atoms with Crippen molar-refractivity contribution in [2.24, 2.45) is 0 Å². The lowest BCUT2D eigenvalue weighted by Crippen LogP contribution is -2.42. The Morgan fingerprint density at radius 3 is 2.36 bits per heavy atom. The van der Waals surface area contributed by atoms with E-state index in [-0.39, 0.29) is 29.5 Å². The summed E-state index contributed by atoms with van der Waals surface area (Å²) in [6.45, 7) is 1.24. The molecule has 3 aromatic carbocycles. The Labute approximate surface area is 230 Å². The summed E-state index contributed by atoms with van der Waals surface area (Å²) in [5.41, 5.74) is 1.63. The van der Waals surface area contributed by atoms with Crippen molar-refractivity contribution in [2.45, 2.75) is 32.3 Å². The highest BCUT2D eigenvalue weighted by molar-refractivity contribution is 8.18. The van der Waals surface area contributed by atoms with Crippen LogP contribution < -0.4 is 4.74 Å². The fraction of sp³-hybridized carbons (Fsp3) is 0.267. The molecule has 2 aliphatic rings. The molecule has 2 heterocycles. The second-order valence-corrected chi connectivity index (χ2v) is 10.5. The molecule has 0 aliphatic carbocycles. The summed E-state index contributed by atoms with van der Waals surface area (Å²) in [6.07, 6.45) is 5.68. The zero-order valence-corrected chi connectivity index (χ0v) is 22.1.